The van der Waals surface area contributed by atoms with Crippen LogP contribution < -0.4 is 20.7 Å². The van der Waals surface area contributed by atoms with Gasteiger partial charge in [-0.1, -0.05) is 13.8 Å². The highest BCUT2D eigenvalue weighted by Crippen LogP contribution is 2.24. The van der Waals surface area contributed by atoms with Gasteiger partial charge in [0.05, 0.1) is 18.8 Å². The Morgan fingerprint density at radius 2 is 2.30 bits per heavy atom. The summed E-state index contributed by atoms with van der Waals surface area (Å²) in [7, 11) is 0. The fourth-order valence-electron chi connectivity index (χ4n) is 1.98. The first-order chi connectivity index (χ1) is 9.56. The molecule has 110 valence electrons. The Bertz CT molecular complexity index is 476. The number of carbonyl (C=O) groups excluding carboxylic acids is 1. The first-order valence-electron chi connectivity index (χ1n) is 6.97. The molecule has 1 saturated heterocycles. The van der Waals surface area contributed by atoms with E-state index in [1.807, 2.05) is 11.0 Å². The van der Waals surface area contributed by atoms with Crippen molar-refractivity contribution in [1.82, 2.24) is 10.3 Å². The SMILES string of the molecule is CC(C)COc1nc(N2CCCNC(=O)C2)ccc1N. The minimum Gasteiger partial charge on any atom is -0.476 e. The molecule has 20 heavy (non-hydrogen) atoms. The van der Waals surface area contributed by atoms with E-state index in [1.54, 1.807) is 6.07 Å². The predicted molar refractivity (Wildman–Crippen MR) is 78.8 cm³/mol. The standard InChI is InChI=1S/C14H22N4O2/c1-10(2)9-20-14-11(15)4-5-12(17-14)18-7-3-6-16-13(19)8-18/h4-5,10H,3,6-9,15H2,1-2H3,(H,16,19). The molecule has 0 spiro atoms. The van der Waals surface area contributed by atoms with Crippen LogP contribution in [0.2, 0.25) is 0 Å². The second-order valence-corrected chi connectivity index (χ2v) is 5.39. The average Bonchev–Trinajstić information content (AvgIpc) is 2.62. The van der Waals surface area contributed by atoms with Crippen LogP contribution in [-0.4, -0.2) is 37.1 Å². The third-order valence-corrected chi connectivity index (χ3v) is 3.01. The summed E-state index contributed by atoms with van der Waals surface area (Å²) in [5.41, 5.74) is 6.40. The lowest BCUT2D eigenvalue weighted by molar-refractivity contribution is -0.119. The largest absolute Gasteiger partial charge is 0.476 e. The molecule has 3 N–H and O–H groups in total. The molecule has 6 heteroatoms. The van der Waals surface area contributed by atoms with Crippen LogP contribution in [0.3, 0.4) is 0 Å². The number of pyridine rings is 1. The molecule has 0 bridgehead atoms. The molecule has 0 aliphatic carbocycles. The van der Waals surface area contributed by atoms with E-state index in [1.165, 1.54) is 0 Å². The molecule has 1 aliphatic heterocycles. The lowest BCUT2D eigenvalue weighted by Gasteiger charge is -2.21. The molecular weight excluding hydrogens is 256 g/mol. The van der Waals surface area contributed by atoms with Gasteiger partial charge >= 0.3 is 0 Å². The molecule has 6 nitrogen and oxygen atoms in total. The first kappa shape index (κ1) is 14.4. The van der Waals surface area contributed by atoms with Gasteiger partial charge in [0, 0.05) is 13.1 Å². The van der Waals surface area contributed by atoms with Crippen LogP contribution in [0.1, 0.15) is 20.3 Å². The average molecular weight is 278 g/mol. The lowest BCUT2D eigenvalue weighted by atomic mass is 10.2. The quantitative estimate of drug-likeness (QED) is 0.859. The van der Waals surface area contributed by atoms with Crippen molar-refractivity contribution in [2.45, 2.75) is 20.3 Å². The van der Waals surface area contributed by atoms with Crippen LogP contribution in [0.25, 0.3) is 0 Å². The predicted octanol–water partition coefficient (Wildman–Crippen LogP) is 1.02. The van der Waals surface area contributed by atoms with Crippen LogP contribution in [0.5, 0.6) is 5.88 Å². The summed E-state index contributed by atoms with van der Waals surface area (Å²) < 4.78 is 5.62. The first-order valence-corrected chi connectivity index (χ1v) is 6.97. The minimum absolute atomic E-state index is 0.0192. The number of rotatable bonds is 4. The smallest absolute Gasteiger partial charge is 0.239 e. The van der Waals surface area contributed by atoms with Crippen LogP contribution in [0.15, 0.2) is 12.1 Å². The summed E-state index contributed by atoms with van der Waals surface area (Å²) in [6, 6.07) is 3.61. The van der Waals surface area contributed by atoms with E-state index < -0.39 is 0 Å². The number of aromatic nitrogens is 1. The summed E-state index contributed by atoms with van der Waals surface area (Å²) in [4.78, 5) is 18.0. The second kappa shape index (κ2) is 6.45. The van der Waals surface area contributed by atoms with Crippen molar-refractivity contribution in [3.8, 4) is 5.88 Å². The van der Waals surface area contributed by atoms with Crippen molar-refractivity contribution in [3.05, 3.63) is 12.1 Å². The van der Waals surface area contributed by atoms with Gasteiger partial charge in [0.1, 0.15) is 5.82 Å². The van der Waals surface area contributed by atoms with Gasteiger partial charge in [0.25, 0.3) is 0 Å². The van der Waals surface area contributed by atoms with Crippen LogP contribution in [0.4, 0.5) is 11.5 Å². The van der Waals surface area contributed by atoms with Crippen molar-refractivity contribution in [2.24, 2.45) is 5.92 Å². The molecule has 1 aromatic heterocycles. The zero-order valence-electron chi connectivity index (χ0n) is 12.1. The Kier molecular flexibility index (Phi) is 4.65. The number of nitrogens with zero attached hydrogens (tertiary/aromatic N) is 2. The van der Waals surface area contributed by atoms with Crippen molar-refractivity contribution in [2.75, 3.05) is 36.9 Å². The summed E-state index contributed by atoms with van der Waals surface area (Å²) in [5, 5.41) is 2.85. The third kappa shape index (κ3) is 3.76. The Morgan fingerprint density at radius 3 is 3.05 bits per heavy atom. The highest BCUT2D eigenvalue weighted by molar-refractivity contribution is 5.81. The molecular formula is C14H22N4O2. The number of ether oxygens (including phenoxy) is 1. The fourth-order valence-corrected chi connectivity index (χ4v) is 1.98. The maximum Gasteiger partial charge on any atom is 0.239 e. The van der Waals surface area contributed by atoms with Gasteiger partial charge in [-0.15, -0.1) is 0 Å². The Labute approximate surface area is 119 Å². The maximum absolute atomic E-state index is 11.6. The summed E-state index contributed by atoms with van der Waals surface area (Å²) >= 11 is 0. The molecule has 1 amide bonds. The molecule has 0 radical (unpaired) electrons. The zero-order valence-corrected chi connectivity index (χ0v) is 12.1. The van der Waals surface area contributed by atoms with Crippen molar-refractivity contribution in [1.29, 1.82) is 0 Å². The lowest BCUT2D eigenvalue weighted by Crippen LogP contribution is -2.33. The van der Waals surface area contributed by atoms with Gasteiger partial charge in [-0.3, -0.25) is 4.79 Å². The van der Waals surface area contributed by atoms with E-state index in [-0.39, 0.29) is 5.91 Å². The number of nitrogen functional groups attached to an aromatic ring is 1. The van der Waals surface area contributed by atoms with E-state index in [0.717, 1.165) is 18.8 Å². The van der Waals surface area contributed by atoms with E-state index in [0.29, 0.717) is 37.2 Å². The van der Waals surface area contributed by atoms with E-state index >= 15 is 0 Å². The Hall–Kier alpha value is -1.98. The molecule has 0 atom stereocenters. The summed E-state index contributed by atoms with van der Waals surface area (Å²) in [6.45, 7) is 6.53. The van der Waals surface area contributed by atoms with Crippen LogP contribution in [0, 0.1) is 5.92 Å². The van der Waals surface area contributed by atoms with E-state index in [2.05, 4.69) is 24.1 Å². The van der Waals surface area contributed by atoms with Crippen molar-refractivity contribution in [3.63, 3.8) is 0 Å². The van der Waals surface area contributed by atoms with Gasteiger partial charge in [0.2, 0.25) is 11.8 Å². The van der Waals surface area contributed by atoms with Gasteiger partial charge in [-0.2, -0.15) is 4.98 Å². The molecule has 2 rings (SSSR count). The second-order valence-electron chi connectivity index (χ2n) is 5.39. The molecule has 0 saturated carbocycles. The number of hydrogen-bond acceptors (Lipinski definition) is 5. The summed E-state index contributed by atoms with van der Waals surface area (Å²) in [6.07, 6.45) is 0.903. The number of nitrogens with one attached hydrogen (secondary N) is 1. The number of anilines is 2. The molecule has 1 aliphatic rings. The molecule has 0 unspecified atom stereocenters. The topological polar surface area (TPSA) is 80.5 Å². The van der Waals surface area contributed by atoms with Gasteiger partial charge in [-0.25, -0.2) is 0 Å². The number of amides is 1. The van der Waals surface area contributed by atoms with Crippen molar-refractivity contribution >= 4 is 17.4 Å². The van der Waals surface area contributed by atoms with E-state index in [4.69, 9.17) is 10.5 Å². The molecule has 2 heterocycles. The molecule has 1 aromatic rings. The summed E-state index contributed by atoms with van der Waals surface area (Å²) in [5.74, 6) is 1.60. The zero-order chi connectivity index (χ0) is 14.5. The van der Waals surface area contributed by atoms with Gasteiger partial charge < -0.3 is 20.7 Å². The molecule has 1 fully saturated rings. The highest BCUT2D eigenvalue weighted by atomic mass is 16.5. The maximum atomic E-state index is 11.6. The van der Waals surface area contributed by atoms with Gasteiger partial charge in [-0.05, 0) is 24.5 Å². The normalized spacial score (nSPS) is 15.9. The van der Waals surface area contributed by atoms with Crippen molar-refractivity contribution < 1.29 is 9.53 Å². The number of carbonyl (C=O) groups is 1. The monoisotopic (exact) mass is 278 g/mol. The Balaban J connectivity index is 2.14. The molecule has 0 aromatic carbocycles. The highest BCUT2D eigenvalue weighted by Gasteiger charge is 2.17. The minimum atomic E-state index is 0.0192. The van der Waals surface area contributed by atoms with Gasteiger partial charge in [0.15, 0.2) is 0 Å². The number of hydrogen-bond donors (Lipinski definition) is 2. The van der Waals surface area contributed by atoms with Crippen LogP contribution >= 0.6 is 0 Å². The number of nitrogens with two attached hydrogens (primary N) is 1. The van der Waals surface area contributed by atoms with E-state index in [9.17, 15) is 4.79 Å². The third-order valence-electron chi connectivity index (χ3n) is 3.01. The van der Waals surface area contributed by atoms with Crippen LogP contribution in [-0.2, 0) is 4.79 Å². The Morgan fingerprint density at radius 1 is 1.50 bits per heavy atom. The fraction of sp³-hybridized carbons (Fsp3) is 0.571.